The lowest BCUT2D eigenvalue weighted by molar-refractivity contribution is -0.134. The number of rotatable bonds is 20. The maximum Gasteiger partial charge on any atom is 0.243 e. The van der Waals surface area contributed by atoms with Crippen LogP contribution in [0.3, 0.4) is 0 Å². The standard InChI is InChI=1S/C41H57BrFN5O3/c1-9-11-12-30(25-44)22-37(47(27-49)20-19-32-23-35(32)31-15-17-34(42)18-16-31)39(51)45-40(5,6)26-48-36(24-38(46-48)41(7,8)43)33(14-13-29(4)50)21-28(3)10-2/h11-18,21,24-25,27-28,32,35,37H,9-10,19-20,22-23,26,44H2,1-8H3,(H,45,51)/b12-11+,14-13-,30-25+,33-21+. The fraction of sp³-hybridized carbons (Fsp3) is 0.512. The van der Waals surface area contributed by atoms with Gasteiger partial charge in [-0.15, -0.1) is 0 Å². The molecule has 0 bridgehead atoms. The Morgan fingerprint density at radius 1 is 1.16 bits per heavy atom. The van der Waals surface area contributed by atoms with Gasteiger partial charge in [0.2, 0.25) is 12.3 Å². The molecule has 0 aliphatic heterocycles. The molecule has 51 heavy (non-hydrogen) atoms. The van der Waals surface area contributed by atoms with Gasteiger partial charge in [-0.25, -0.2) is 4.39 Å². The molecule has 3 rings (SSSR count). The Bertz CT molecular complexity index is 1620. The molecule has 4 unspecified atom stereocenters. The highest BCUT2D eigenvalue weighted by Crippen LogP contribution is 2.49. The van der Waals surface area contributed by atoms with Crippen molar-refractivity contribution in [1.29, 1.82) is 0 Å². The van der Waals surface area contributed by atoms with Crippen LogP contribution in [-0.2, 0) is 26.6 Å². The zero-order chi connectivity index (χ0) is 37.9. The van der Waals surface area contributed by atoms with Gasteiger partial charge in [0.25, 0.3) is 0 Å². The molecule has 0 saturated heterocycles. The zero-order valence-corrected chi connectivity index (χ0v) is 33.2. The van der Waals surface area contributed by atoms with Crippen LogP contribution >= 0.6 is 15.9 Å². The van der Waals surface area contributed by atoms with E-state index < -0.39 is 17.2 Å². The predicted octanol–water partition coefficient (Wildman–Crippen LogP) is 8.54. The van der Waals surface area contributed by atoms with E-state index in [1.807, 2.05) is 45.1 Å². The molecule has 1 aliphatic rings. The van der Waals surface area contributed by atoms with Crippen molar-refractivity contribution in [3.05, 3.63) is 93.9 Å². The fourth-order valence-electron chi connectivity index (χ4n) is 6.08. The Morgan fingerprint density at radius 2 is 1.84 bits per heavy atom. The second-order valence-electron chi connectivity index (χ2n) is 14.9. The van der Waals surface area contributed by atoms with Crippen molar-refractivity contribution in [2.24, 2.45) is 17.6 Å². The Balaban J connectivity index is 1.91. The average molecular weight is 767 g/mol. The van der Waals surface area contributed by atoms with Crippen molar-refractivity contribution < 1.29 is 18.8 Å². The van der Waals surface area contributed by atoms with Crippen LogP contribution in [0.4, 0.5) is 4.39 Å². The summed E-state index contributed by atoms with van der Waals surface area (Å²) in [5.41, 5.74) is 7.08. The first-order valence-electron chi connectivity index (χ1n) is 18.1. The van der Waals surface area contributed by atoms with Gasteiger partial charge in [-0.05, 0) is 125 Å². The number of hydrogen-bond acceptors (Lipinski definition) is 5. The SMILES string of the molecule is CC/C=C/C(=C\N)CC(C(=O)NC(C)(C)Cn1nc(C(C)(C)F)cc1C(/C=C\C(C)=O)=C/C(C)CC)N(C=O)CCC1CC1c1ccc(Br)cc1. The van der Waals surface area contributed by atoms with Crippen LogP contribution < -0.4 is 11.1 Å². The van der Waals surface area contributed by atoms with Crippen LogP contribution in [-0.4, -0.2) is 50.9 Å². The van der Waals surface area contributed by atoms with Crippen LogP contribution in [0.2, 0.25) is 0 Å². The second-order valence-corrected chi connectivity index (χ2v) is 15.8. The molecule has 1 fully saturated rings. The monoisotopic (exact) mass is 765 g/mol. The van der Waals surface area contributed by atoms with Gasteiger partial charge < -0.3 is 16.0 Å². The molecule has 2 amide bonds. The Hall–Kier alpha value is -3.79. The van der Waals surface area contributed by atoms with Gasteiger partial charge in [0.05, 0.1) is 23.5 Å². The predicted molar refractivity (Wildman–Crippen MR) is 208 cm³/mol. The summed E-state index contributed by atoms with van der Waals surface area (Å²) in [6.07, 6.45) is 15.2. The number of carbonyl (C=O) groups excluding carboxylic acids is 3. The first-order chi connectivity index (χ1) is 24.0. The Labute approximate surface area is 312 Å². The molecule has 2 aromatic rings. The number of halogens is 2. The number of alkyl halides is 1. The first-order valence-corrected chi connectivity index (χ1v) is 18.8. The normalized spacial score (nSPS) is 18.2. The molecule has 0 radical (unpaired) electrons. The quantitative estimate of drug-likeness (QED) is 0.0798. The van der Waals surface area contributed by atoms with E-state index in [1.54, 1.807) is 21.7 Å². The number of carbonyl (C=O) groups is 3. The number of ketones is 1. The van der Waals surface area contributed by atoms with Crippen molar-refractivity contribution in [2.75, 3.05) is 6.54 Å². The van der Waals surface area contributed by atoms with Crippen LogP contribution in [0.15, 0.2) is 77.0 Å². The summed E-state index contributed by atoms with van der Waals surface area (Å²) in [6.45, 7) is 15.0. The third-order valence-corrected chi connectivity index (χ3v) is 9.85. The minimum Gasteiger partial charge on any atom is -0.404 e. The van der Waals surface area contributed by atoms with Gasteiger partial charge in [0, 0.05) is 17.4 Å². The van der Waals surface area contributed by atoms with Gasteiger partial charge in [-0.1, -0.05) is 73.5 Å². The summed E-state index contributed by atoms with van der Waals surface area (Å²) in [4.78, 5) is 40.4. The lowest BCUT2D eigenvalue weighted by atomic mass is 9.99. The molecular weight excluding hydrogens is 709 g/mol. The minimum atomic E-state index is -1.72. The molecule has 1 aromatic carbocycles. The van der Waals surface area contributed by atoms with E-state index in [0.717, 1.165) is 47.7 Å². The van der Waals surface area contributed by atoms with Crippen LogP contribution in [0.25, 0.3) is 5.57 Å². The lowest BCUT2D eigenvalue weighted by Crippen LogP contribution is -2.55. The lowest BCUT2D eigenvalue weighted by Gasteiger charge is -2.33. The van der Waals surface area contributed by atoms with E-state index in [2.05, 4.69) is 58.4 Å². The van der Waals surface area contributed by atoms with Gasteiger partial charge in [-0.3, -0.25) is 19.1 Å². The summed E-state index contributed by atoms with van der Waals surface area (Å²) in [7, 11) is 0. The molecular formula is C41H57BrFN5O3. The van der Waals surface area contributed by atoms with E-state index in [1.165, 1.54) is 38.6 Å². The van der Waals surface area contributed by atoms with Crippen molar-refractivity contribution in [2.45, 2.75) is 117 Å². The Morgan fingerprint density at radius 3 is 2.41 bits per heavy atom. The number of hydrogen-bond donors (Lipinski definition) is 2. The number of benzene rings is 1. The van der Waals surface area contributed by atoms with Crippen molar-refractivity contribution in [3.63, 3.8) is 0 Å². The van der Waals surface area contributed by atoms with E-state index in [0.29, 0.717) is 24.1 Å². The average Bonchev–Trinajstić information content (AvgIpc) is 3.72. The molecule has 278 valence electrons. The molecule has 0 spiro atoms. The maximum absolute atomic E-state index is 15.3. The van der Waals surface area contributed by atoms with Gasteiger partial charge >= 0.3 is 0 Å². The smallest absolute Gasteiger partial charge is 0.243 e. The fourth-order valence-corrected chi connectivity index (χ4v) is 6.34. The molecule has 4 atom stereocenters. The largest absolute Gasteiger partial charge is 0.404 e. The van der Waals surface area contributed by atoms with Gasteiger partial charge in [0.15, 0.2) is 5.78 Å². The van der Waals surface area contributed by atoms with Crippen LogP contribution in [0.5, 0.6) is 0 Å². The number of allylic oxidation sites excluding steroid dienone is 6. The highest BCUT2D eigenvalue weighted by atomic mass is 79.9. The van der Waals surface area contributed by atoms with E-state index in [9.17, 15) is 14.4 Å². The number of nitrogens with two attached hydrogens (primary N) is 1. The minimum absolute atomic E-state index is 0.106. The summed E-state index contributed by atoms with van der Waals surface area (Å²) in [6, 6.07) is 9.27. The summed E-state index contributed by atoms with van der Waals surface area (Å²) >= 11 is 3.50. The van der Waals surface area contributed by atoms with Gasteiger partial charge in [0.1, 0.15) is 11.7 Å². The number of nitrogens with one attached hydrogen (secondary N) is 1. The van der Waals surface area contributed by atoms with Crippen molar-refractivity contribution in [1.82, 2.24) is 20.0 Å². The third-order valence-electron chi connectivity index (χ3n) is 9.33. The summed E-state index contributed by atoms with van der Waals surface area (Å²) in [5, 5.41) is 7.85. The van der Waals surface area contributed by atoms with Crippen molar-refractivity contribution in [3.8, 4) is 0 Å². The van der Waals surface area contributed by atoms with Gasteiger partial charge in [-0.2, -0.15) is 5.10 Å². The van der Waals surface area contributed by atoms with Crippen molar-refractivity contribution >= 4 is 39.6 Å². The highest BCUT2D eigenvalue weighted by Gasteiger charge is 2.39. The van der Waals surface area contributed by atoms with E-state index in [4.69, 9.17) is 5.73 Å². The summed E-state index contributed by atoms with van der Waals surface area (Å²) < 4.78 is 18.1. The molecule has 1 aromatic heterocycles. The van der Waals surface area contributed by atoms with Crippen LogP contribution in [0.1, 0.15) is 110 Å². The van der Waals surface area contributed by atoms with E-state index in [-0.39, 0.29) is 36.3 Å². The third kappa shape index (κ3) is 12.7. The molecule has 10 heteroatoms. The molecule has 3 N–H and O–H groups in total. The number of amides is 2. The summed E-state index contributed by atoms with van der Waals surface area (Å²) in [5.74, 6) is 0.642. The second kappa shape index (κ2) is 18.6. The maximum atomic E-state index is 15.3. The van der Waals surface area contributed by atoms with Crippen LogP contribution in [0, 0.1) is 11.8 Å². The number of nitrogens with zero attached hydrogens (tertiary/aromatic N) is 3. The molecule has 1 saturated carbocycles. The molecule has 8 nitrogen and oxygen atoms in total. The Kier molecular flexibility index (Phi) is 15.2. The number of aromatic nitrogens is 2. The zero-order valence-electron chi connectivity index (χ0n) is 31.6. The molecule has 1 heterocycles. The highest BCUT2D eigenvalue weighted by molar-refractivity contribution is 9.10. The van der Waals surface area contributed by atoms with E-state index >= 15 is 4.39 Å². The molecule has 1 aliphatic carbocycles. The topological polar surface area (TPSA) is 110 Å². The first kappa shape index (κ1) is 41.6.